The lowest BCUT2D eigenvalue weighted by Gasteiger charge is -1.99. The van der Waals surface area contributed by atoms with Gasteiger partial charge in [-0.05, 0) is 18.6 Å². The highest BCUT2D eigenvalue weighted by Gasteiger charge is 2.02. The third-order valence-electron chi connectivity index (χ3n) is 1.56. The Kier molecular flexibility index (Phi) is 3.07. The molecule has 0 atom stereocenters. The summed E-state index contributed by atoms with van der Waals surface area (Å²) in [5.74, 6) is 0. The van der Waals surface area contributed by atoms with Gasteiger partial charge in [0.05, 0.1) is 0 Å². The number of hydrogen-bond donors (Lipinski definition) is 0. The van der Waals surface area contributed by atoms with Crippen molar-refractivity contribution in [2.45, 2.75) is 13.3 Å². The van der Waals surface area contributed by atoms with E-state index in [-0.39, 0.29) is 0 Å². The van der Waals surface area contributed by atoms with Crippen LogP contribution < -0.4 is 0 Å². The van der Waals surface area contributed by atoms with E-state index < -0.39 is 0 Å². The van der Waals surface area contributed by atoms with E-state index in [1.54, 1.807) is 0 Å². The van der Waals surface area contributed by atoms with E-state index in [0.717, 1.165) is 11.3 Å². The fourth-order valence-electron chi connectivity index (χ4n) is 0.917. The quantitative estimate of drug-likeness (QED) is 0.505. The third-order valence-corrected chi connectivity index (χ3v) is 1.89. The topological polar surface area (TPSA) is 17.2 Å². The Morgan fingerprint density at radius 1 is 1.58 bits per heavy atom. The molecule has 3 heteroatoms. The standard InChI is InChI=1S/C9H9ClN2/c1-7-3-4-8(5-6-11-2)9(10)12-7/h3-4H,5-6H2,1H3. The van der Waals surface area contributed by atoms with Crippen LogP contribution in [0, 0.1) is 13.5 Å². The molecule has 12 heavy (non-hydrogen) atoms. The van der Waals surface area contributed by atoms with Crippen LogP contribution in [0.15, 0.2) is 12.1 Å². The lowest BCUT2D eigenvalue weighted by Crippen LogP contribution is -1.92. The lowest BCUT2D eigenvalue weighted by molar-refractivity contribution is 1.04. The summed E-state index contributed by atoms with van der Waals surface area (Å²) in [6, 6.07) is 3.83. The zero-order valence-electron chi connectivity index (χ0n) is 6.84. The van der Waals surface area contributed by atoms with E-state index >= 15 is 0 Å². The van der Waals surface area contributed by atoms with Crippen molar-refractivity contribution in [3.05, 3.63) is 40.0 Å². The van der Waals surface area contributed by atoms with Gasteiger partial charge in [-0.3, -0.25) is 0 Å². The highest BCUT2D eigenvalue weighted by atomic mass is 35.5. The molecule has 2 nitrogen and oxygen atoms in total. The van der Waals surface area contributed by atoms with Crippen LogP contribution in [0.5, 0.6) is 0 Å². The number of halogens is 1. The molecule has 0 aliphatic heterocycles. The zero-order chi connectivity index (χ0) is 8.97. The number of aryl methyl sites for hydroxylation is 1. The molecular formula is C9H9ClN2. The van der Waals surface area contributed by atoms with Gasteiger partial charge in [0, 0.05) is 12.1 Å². The van der Waals surface area contributed by atoms with Crippen molar-refractivity contribution < 1.29 is 0 Å². The van der Waals surface area contributed by atoms with Crippen molar-refractivity contribution >= 4 is 11.6 Å². The van der Waals surface area contributed by atoms with Crippen molar-refractivity contribution in [2.24, 2.45) is 0 Å². The summed E-state index contributed by atoms with van der Waals surface area (Å²) in [7, 11) is 0. The van der Waals surface area contributed by atoms with E-state index in [9.17, 15) is 0 Å². The summed E-state index contributed by atoms with van der Waals surface area (Å²) in [4.78, 5) is 7.35. The molecule has 0 N–H and O–H groups in total. The smallest absolute Gasteiger partial charge is 0.218 e. The normalized spacial score (nSPS) is 9.42. The van der Waals surface area contributed by atoms with Crippen molar-refractivity contribution in [3.8, 4) is 0 Å². The van der Waals surface area contributed by atoms with Crippen LogP contribution in [-0.4, -0.2) is 11.5 Å². The second-order valence-corrected chi connectivity index (χ2v) is 2.89. The third kappa shape index (κ3) is 2.21. The highest BCUT2D eigenvalue weighted by molar-refractivity contribution is 6.30. The molecule has 1 rings (SSSR count). The second kappa shape index (κ2) is 4.08. The number of aromatic nitrogens is 1. The molecule has 0 amide bonds. The Balaban J connectivity index is 2.81. The molecule has 1 aromatic rings. The Morgan fingerprint density at radius 3 is 2.92 bits per heavy atom. The van der Waals surface area contributed by atoms with Crippen LogP contribution in [0.3, 0.4) is 0 Å². The van der Waals surface area contributed by atoms with Gasteiger partial charge in [0.25, 0.3) is 0 Å². The highest BCUT2D eigenvalue weighted by Crippen LogP contribution is 2.13. The van der Waals surface area contributed by atoms with Crippen LogP contribution >= 0.6 is 11.6 Å². The van der Waals surface area contributed by atoms with Crippen molar-refractivity contribution in [3.63, 3.8) is 0 Å². The minimum Gasteiger partial charge on any atom is -0.317 e. The van der Waals surface area contributed by atoms with Gasteiger partial charge in [0.15, 0.2) is 0 Å². The number of hydrogen-bond acceptors (Lipinski definition) is 1. The minimum atomic E-state index is 0.477. The van der Waals surface area contributed by atoms with Gasteiger partial charge in [0.2, 0.25) is 6.54 Å². The van der Waals surface area contributed by atoms with E-state index in [4.69, 9.17) is 18.2 Å². The first kappa shape index (κ1) is 9.02. The van der Waals surface area contributed by atoms with E-state index in [1.807, 2.05) is 19.1 Å². The first-order valence-corrected chi connectivity index (χ1v) is 4.07. The predicted octanol–water partition coefficient (Wildman–Crippen LogP) is 2.51. The van der Waals surface area contributed by atoms with Crippen molar-refractivity contribution in [2.75, 3.05) is 6.54 Å². The summed E-state index contributed by atoms with van der Waals surface area (Å²) in [6.45, 7) is 9.00. The van der Waals surface area contributed by atoms with Crippen LogP contribution in [-0.2, 0) is 6.42 Å². The van der Waals surface area contributed by atoms with Gasteiger partial charge in [-0.25, -0.2) is 11.6 Å². The fraction of sp³-hybridized carbons (Fsp3) is 0.333. The number of pyridine rings is 1. The average Bonchev–Trinajstić information content (AvgIpc) is 2.03. The molecule has 0 bridgehead atoms. The van der Waals surface area contributed by atoms with Gasteiger partial charge in [-0.15, -0.1) is 0 Å². The maximum absolute atomic E-state index is 6.63. The molecule has 0 unspecified atom stereocenters. The SMILES string of the molecule is [C-]#[N+]CCc1ccc(C)nc1Cl. The summed E-state index contributed by atoms with van der Waals surface area (Å²) in [5.41, 5.74) is 1.87. The molecule has 1 aromatic heterocycles. The van der Waals surface area contributed by atoms with Gasteiger partial charge >= 0.3 is 0 Å². The average molecular weight is 181 g/mol. The Labute approximate surface area is 77.0 Å². The molecule has 0 saturated carbocycles. The van der Waals surface area contributed by atoms with Gasteiger partial charge in [-0.1, -0.05) is 17.7 Å². The first-order chi connectivity index (χ1) is 5.74. The van der Waals surface area contributed by atoms with Crippen LogP contribution in [0.25, 0.3) is 4.85 Å². The molecule has 0 saturated heterocycles. The fourth-order valence-corrected chi connectivity index (χ4v) is 1.21. The van der Waals surface area contributed by atoms with Gasteiger partial charge in [0.1, 0.15) is 5.15 Å². The molecular weight excluding hydrogens is 172 g/mol. The van der Waals surface area contributed by atoms with Crippen molar-refractivity contribution in [1.82, 2.24) is 4.98 Å². The van der Waals surface area contributed by atoms with Crippen LogP contribution in [0.4, 0.5) is 0 Å². The van der Waals surface area contributed by atoms with E-state index in [1.165, 1.54) is 0 Å². The second-order valence-electron chi connectivity index (χ2n) is 2.53. The summed E-state index contributed by atoms with van der Waals surface area (Å²) in [5, 5.41) is 0.527. The Bertz CT molecular complexity index is 315. The van der Waals surface area contributed by atoms with Gasteiger partial charge in [-0.2, -0.15) is 0 Å². The molecule has 0 aliphatic rings. The predicted molar refractivity (Wildman–Crippen MR) is 49.2 cm³/mol. The zero-order valence-corrected chi connectivity index (χ0v) is 7.60. The molecule has 0 radical (unpaired) electrons. The maximum Gasteiger partial charge on any atom is 0.218 e. The number of rotatable bonds is 2. The van der Waals surface area contributed by atoms with E-state index in [2.05, 4.69) is 9.83 Å². The number of nitrogens with zero attached hydrogens (tertiary/aromatic N) is 2. The van der Waals surface area contributed by atoms with Crippen molar-refractivity contribution in [1.29, 1.82) is 0 Å². The molecule has 0 fully saturated rings. The maximum atomic E-state index is 6.63. The molecule has 0 aromatic carbocycles. The van der Waals surface area contributed by atoms with Crippen LogP contribution in [0.2, 0.25) is 5.15 Å². The lowest BCUT2D eigenvalue weighted by atomic mass is 10.2. The van der Waals surface area contributed by atoms with Gasteiger partial charge < -0.3 is 4.85 Å². The Morgan fingerprint density at radius 2 is 2.33 bits per heavy atom. The Hall–Kier alpha value is -1.07. The summed E-state index contributed by atoms with van der Waals surface area (Å²) < 4.78 is 0. The molecule has 0 aliphatic carbocycles. The minimum absolute atomic E-state index is 0.477. The summed E-state index contributed by atoms with van der Waals surface area (Å²) in [6.07, 6.45) is 0.690. The largest absolute Gasteiger partial charge is 0.317 e. The van der Waals surface area contributed by atoms with E-state index in [0.29, 0.717) is 18.1 Å². The molecule has 0 spiro atoms. The summed E-state index contributed by atoms with van der Waals surface area (Å²) >= 11 is 5.85. The molecule has 1 heterocycles. The monoisotopic (exact) mass is 180 g/mol. The van der Waals surface area contributed by atoms with Crippen LogP contribution in [0.1, 0.15) is 11.3 Å². The first-order valence-electron chi connectivity index (χ1n) is 3.69. The molecule has 62 valence electrons.